The molecule has 0 unspecified atom stereocenters. The van der Waals surface area contributed by atoms with Crippen LogP contribution in [-0.4, -0.2) is 33.9 Å². The van der Waals surface area contributed by atoms with E-state index >= 15 is 0 Å². The number of carbonyl (C=O) groups is 3. The lowest BCUT2D eigenvalue weighted by molar-refractivity contribution is -0.384. The summed E-state index contributed by atoms with van der Waals surface area (Å²) < 4.78 is 4.86. The van der Waals surface area contributed by atoms with E-state index in [1.165, 1.54) is 55.5 Å². The Morgan fingerprint density at radius 3 is 2.19 bits per heavy atom. The Balaban J connectivity index is 2.06. The third-order valence-electron chi connectivity index (χ3n) is 3.57. The van der Waals surface area contributed by atoms with Gasteiger partial charge in [-0.15, -0.1) is 0 Å². The molecule has 0 aromatic heterocycles. The molecule has 9 nitrogen and oxygen atoms in total. The molecule has 0 heterocycles. The average Bonchev–Trinajstić information content (AvgIpc) is 2.61. The first kappa shape index (κ1) is 19.6. The second kappa shape index (κ2) is 8.56. The smallest absolute Gasteiger partial charge is 0.326 e. The molecule has 2 N–H and O–H groups in total. The van der Waals surface area contributed by atoms with Gasteiger partial charge in [0.05, 0.1) is 4.92 Å². The number of nitro groups is 1. The van der Waals surface area contributed by atoms with Crippen LogP contribution in [0.3, 0.4) is 0 Å². The molecule has 1 amide bonds. The Kier molecular flexibility index (Phi) is 6.21. The molecular weight excluding hydrogens is 356 g/mol. The van der Waals surface area contributed by atoms with Crippen molar-refractivity contribution in [3.63, 3.8) is 0 Å². The van der Waals surface area contributed by atoms with Gasteiger partial charge in [0.25, 0.3) is 11.6 Å². The first-order valence-electron chi connectivity index (χ1n) is 7.81. The number of rotatable bonds is 7. The number of ether oxygens (including phenoxy) is 1. The van der Waals surface area contributed by atoms with Crippen LogP contribution in [0.4, 0.5) is 5.69 Å². The molecule has 0 bridgehead atoms. The second-order valence-corrected chi connectivity index (χ2v) is 5.61. The largest absolute Gasteiger partial charge is 0.480 e. The van der Waals surface area contributed by atoms with Crippen molar-refractivity contribution in [3.05, 3.63) is 69.8 Å². The molecule has 140 valence electrons. The summed E-state index contributed by atoms with van der Waals surface area (Å²) >= 11 is 0. The summed E-state index contributed by atoms with van der Waals surface area (Å²) in [7, 11) is 0. The fourth-order valence-electron chi connectivity index (χ4n) is 2.27. The molecule has 27 heavy (non-hydrogen) atoms. The fourth-order valence-corrected chi connectivity index (χ4v) is 2.27. The van der Waals surface area contributed by atoms with Crippen molar-refractivity contribution in [2.45, 2.75) is 19.4 Å². The van der Waals surface area contributed by atoms with Gasteiger partial charge in [-0.05, 0) is 29.8 Å². The van der Waals surface area contributed by atoms with E-state index in [1.54, 1.807) is 0 Å². The number of nitrogens with one attached hydrogen (secondary N) is 1. The zero-order valence-electron chi connectivity index (χ0n) is 14.2. The number of hydrogen-bond donors (Lipinski definition) is 2. The summed E-state index contributed by atoms with van der Waals surface area (Å²) in [5.74, 6) is -2.09. The van der Waals surface area contributed by atoms with Crippen LogP contribution >= 0.6 is 0 Å². The molecule has 0 aliphatic rings. The van der Waals surface area contributed by atoms with Gasteiger partial charge in [-0.25, -0.2) is 4.79 Å². The quantitative estimate of drug-likeness (QED) is 0.328. The summed E-state index contributed by atoms with van der Waals surface area (Å²) in [5.41, 5.74) is 0.613. The highest BCUT2D eigenvalue weighted by molar-refractivity contribution is 5.96. The highest BCUT2D eigenvalue weighted by atomic mass is 16.6. The Morgan fingerprint density at radius 2 is 1.70 bits per heavy atom. The molecule has 0 aliphatic heterocycles. The second-order valence-electron chi connectivity index (χ2n) is 5.61. The molecule has 2 aromatic carbocycles. The van der Waals surface area contributed by atoms with Crippen LogP contribution in [0.25, 0.3) is 0 Å². The van der Waals surface area contributed by atoms with Gasteiger partial charge in [0.2, 0.25) is 0 Å². The minimum Gasteiger partial charge on any atom is -0.480 e. The van der Waals surface area contributed by atoms with Gasteiger partial charge in [0.1, 0.15) is 11.8 Å². The predicted octanol–water partition coefficient (Wildman–Crippen LogP) is 1.95. The van der Waals surface area contributed by atoms with Gasteiger partial charge >= 0.3 is 11.9 Å². The van der Waals surface area contributed by atoms with Crippen molar-refractivity contribution >= 4 is 23.5 Å². The number of amides is 1. The number of nitro benzene ring substituents is 1. The Morgan fingerprint density at radius 1 is 1.11 bits per heavy atom. The highest BCUT2D eigenvalue weighted by Crippen LogP contribution is 2.15. The topological polar surface area (TPSA) is 136 Å². The lowest BCUT2D eigenvalue weighted by atomic mass is 10.0. The predicted molar refractivity (Wildman–Crippen MR) is 93.4 cm³/mol. The van der Waals surface area contributed by atoms with E-state index in [1.807, 2.05) is 0 Å². The van der Waals surface area contributed by atoms with Crippen LogP contribution in [0, 0.1) is 10.1 Å². The van der Waals surface area contributed by atoms with Crippen molar-refractivity contribution in [2.75, 3.05) is 0 Å². The summed E-state index contributed by atoms with van der Waals surface area (Å²) in [6.45, 7) is 1.25. The minimum atomic E-state index is -1.24. The number of hydrogen-bond acceptors (Lipinski definition) is 6. The molecule has 0 spiro atoms. The molecule has 0 radical (unpaired) electrons. The van der Waals surface area contributed by atoms with E-state index in [0.29, 0.717) is 5.56 Å². The lowest BCUT2D eigenvalue weighted by Gasteiger charge is -2.15. The molecule has 2 rings (SSSR count). The van der Waals surface area contributed by atoms with Gasteiger partial charge in [0.15, 0.2) is 0 Å². The van der Waals surface area contributed by atoms with Crippen LogP contribution in [-0.2, 0) is 16.0 Å². The molecular formula is C18H16N2O7. The number of carboxylic acid groups (broad SMARTS) is 1. The zero-order valence-corrected chi connectivity index (χ0v) is 14.2. The van der Waals surface area contributed by atoms with E-state index in [2.05, 4.69) is 5.32 Å². The molecule has 0 saturated heterocycles. The van der Waals surface area contributed by atoms with Crippen LogP contribution in [0.5, 0.6) is 5.75 Å². The van der Waals surface area contributed by atoms with Crippen LogP contribution in [0.15, 0.2) is 48.5 Å². The molecule has 1 atom stereocenters. The monoisotopic (exact) mass is 372 g/mol. The van der Waals surface area contributed by atoms with Crippen molar-refractivity contribution in [1.29, 1.82) is 0 Å². The number of nitrogens with zero attached hydrogens (tertiary/aromatic N) is 1. The standard InChI is InChI=1S/C18H16N2O7/c1-11(21)27-15-8-4-13(5-9-15)17(22)19-16(18(23)24)10-12-2-6-14(7-3-12)20(25)26/h2-9,16H,10H2,1H3,(H,19,22)(H,23,24)/t16-/m0/s1. The summed E-state index contributed by atoms with van der Waals surface area (Å²) in [5, 5.41) is 22.4. The average molecular weight is 372 g/mol. The van der Waals surface area contributed by atoms with E-state index in [9.17, 15) is 29.6 Å². The van der Waals surface area contributed by atoms with E-state index in [4.69, 9.17) is 4.74 Å². The maximum atomic E-state index is 12.3. The molecule has 2 aromatic rings. The summed E-state index contributed by atoms with van der Waals surface area (Å²) in [4.78, 5) is 44.7. The highest BCUT2D eigenvalue weighted by Gasteiger charge is 2.21. The number of non-ortho nitro benzene ring substituents is 1. The SMILES string of the molecule is CC(=O)Oc1ccc(C(=O)N[C@@H](Cc2ccc([N+](=O)[O-])cc2)C(=O)O)cc1. The van der Waals surface area contributed by atoms with Gasteiger partial charge in [0, 0.05) is 31.0 Å². The number of aliphatic carboxylic acids is 1. The van der Waals surface area contributed by atoms with Crippen LogP contribution < -0.4 is 10.1 Å². The first-order valence-corrected chi connectivity index (χ1v) is 7.81. The van der Waals surface area contributed by atoms with Crippen molar-refractivity contribution < 1.29 is 29.2 Å². The maximum Gasteiger partial charge on any atom is 0.326 e. The fraction of sp³-hybridized carbons (Fsp3) is 0.167. The van der Waals surface area contributed by atoms with E-state index in [0.717, 1.165) is 0 Å². The van der Waals surface area contributed by atoms with Gasteiger partial charge in [-0.2, -0.15) is 0 Å². The van der Waals surface area contributed by atoms with Crippen molar-refractivity contribution in [1.82, 2.24) is 5.32 Å². The van der Waals surface area contributed by atoms with E-state index in [-0.39, 0.29) is 23.4 Å². The molecule has 0 aliphatic carbocycles. The Labute approximate surface area is 153 Å². The third-order valence-corrected chi connectivity index (χ3v) is 3.57. The lowest BCUT2D eigenvalue weighted by Crippen LogP contribution is -2.42. The summed E-state index contributed by atoms with van der Waals surface area (Å²) in [6.07, 6.45) is -0.0371. The first-order chi connectivity index (χ1) is 12.8. The summed E-state index contributed by atoms with van der Waals surface area (Å²) in [6, 6.07) is 9.84. The normalized spacial score (nSPS) is 11.3. The van der Waals surface area contributed by atoms with Gasteiger partial charge in [-0.3, -0.25) is 19.7 Å². The van der Waals surface area contributed by atoms with Crippen LogP contribution in [0.2, 0.25) is 0 Å². The molecule has 0 fully saturated rings. The van der Waals surface area contributed by atoms with E-state index < -0.39 is 28.8 Å². The van der Waals surface area contributed by atoms with Gasteiger partial charge in [-0.1, -0.05) is 12.1 Å². The van der Waals surface area contributed by atoms with Crippen molar-refractivity contribution in [2.24, 2.45) is 0 Å². The Hall–Kier alpha value is -3.75. The minimum absolute atomic E-state index is 0.0371. The number of carbonyl (C=O) groups excluding carboxylic acids is 2. The number of esters is 1. The maximum absolute atomic E-state index is 12.3. The zero-order chi connectivity index (χ0) is 20.0. The number of benzene rings is 2. The van der Waals surface area contributed by atoms with Crippen LogP contribution in [0.1, 0.15) is 22.8 Å². The Bertz CT molecular complexity index is 860. The van der Waals surface area contributed by atoms with Crippen molar-refractivity contribution in [3.8, 4) is 5.75 Å². The number of carboxylic acids is 1. The molecule has 9 heteroatoms. The molecule has 0 saturated carbocycles. The third kappa shape index (κ3) is 5.63. The van der Waals surface area contributed by atoms with Gasteiger partial charge < -0.3 is 15.2 Å².